The summed E-state index contributed by atoms with van der Waals surface area (Å²) in [5.74, 6) is -1.53. The maximum atomic E-state index is 12.0. The van der Waals surface area contributed by atoms with Gasteiger partial charge in [0, 0.05) is 12.0 Å². The third-order valence-corrected chi connectivity index (χ3v) is 6.85. The molecule has 0 spiro atoms. The summed E-state index contributed by atoms with van der Waals surface area (Å²) in [5.41, 5.74) is 9.67. The molecule has 6 nitrogen and oxygen atoms in total. The monoisotopic (exact) mass is 522 g/mol. The maximum absolute atomic E-state index is 12.0. The molecule has 0 aliphatic heterocycles. The van der Waals surface area contributed by atoms with Gasteiger partial charge in [-0.15, -0.1) is 0 Å². The van der Waals surface area contributed by atoms with E-state index in [0.29, 0.717) is 6.42 Å². The molecule has 1 unspecified atom stereocenters. The summed E-state index contributed by atoms with van der Waals surface area (Å²) in [5, 5.41) is 0. The zero-order valence-electron chi connectivity index (χ0n) is 23.8. The summed E-state index contributed by atoms with van der Waals surface area (Å²) in [4.78, 5) is 35.2. The first-order valence-corrected chi connectivity index (χ1v) is 13.3. The molecule has 206 valence electrons. The number of hydrogen-bond acceptors (Lipinski definition) is 6. The van der Waals surface area contributed by atoms with E-state index in [1.54, 1.807) is 13.8 Å². The largest absolute Gasteiger partial charge is 0.465 e. The smallest absolute Gasteiger partial charge is 0.333 e. The van der Waals surface area contributed by atoms with Crippen LogP contribution in [0, 0.1) is 27.7 Å². The van der Waals surface area contributed by atoms with Gasteiger partial charge >= 0.3 is 17.9 Å². The number of hydrogen-bond donors (Lipinski definition) is 0. The quantitative estimate of drug-likeness (QED) is 0.172. The minimum Gasteiger partial charge on any atom is -0.465 e. The Morgan fingerprint density at radius 3 is 2.00 bits per heavy atom. The van der Waals surface area contributed by atoms with E-state index in [1.807, 2.05) is 0 Å². The Morgan fingerprint density at radius 1 is 0.816 bits per heavy atom. The van der Waals surface area contributed by atoms with E-state index in [4.69, 9.17) is 14.2 Å². The van der Waals surface area contributed by atoms with Gasteiger partial charge in [-0.1, -0.05) is 36.9 Å². The lowest BCUT2D eigenvalue weighted by atomic mass is 9.91. The highest BCUT2D eigenvalue weighted by atomic mass is 16.6. The Hall–Kier alpha value is -3.41. The van der Waals surface area contributed by atoms with Crippen molar-refractivity contribution in [3.8, 4) is 0 Å². The number of ether oxygens (including phenoxy) is 3. The van der Waals surface area contributed by atoms with Crippen molar-refractivity contribution in [3.05, 3.63) is 81.4 Å². The number of rotatable bonds is 14. The van der Waals surface area contributed by atoms with Gasteiger partial charge in [-0.2, -0.15) is 0 Å². The van der Waals surface area contributed by atoms with Gasteiger partial charge in [0.25, 0.3) is 0 Å². The van der Waals surface area contributed by atoms with Crippen molar-refractivity contribution in [1.82, 2.24) is 0 Å². The molecule has 0 aliphatic rings. The average molecular weight is 523 g/mol. The topological polar surface area (TPSA) is 78.9 Å². The lowest BCUT2D eigenvalue weighted by Crippen LogP contribution is -2.23. The van der Waals surface area contributed by atoms with E-state index in [0.717, 1.165) is 24.8 Å². The minimum atomic E-state index is -0.590. The summed E-state index contributed by atoms with van der Waals surface area (Å²) in [7, 11) is 0. The highest BCUT2D eigenvalue weighted by Crippen LogP contribution is 2.23. The second-order valence-corrected chi connectivity index (χ2v) is 10.0. The third-order valence-electron chi connectivity index (χ3n) is 6.85. The van der Waals surface area contributed by atoms with Crippen LogP contribution in [0.4, 0.5) is 0 Å². The summed E-state index contributed by atoms with van der Waals surface area (Å²) < 4.78 is 15.3. The van der Waals surface area contributed by atoms with Crippen LogP contribution < -0.4 is 0 Å². The van der Waals surface area contributed by atoms with Crippen LogP contribution in [0.25, 0.3) is 0 Å². The first-order valence-electron chi connectivity index (χ1n) is 13.3. The zero-order valence-corrected chi connectivity index (χ0v) is 23.8. The van der Waals surface area contributed by atoms with Crippen LogP contribution in [-0.4, -0.2) is 37.2 Å². The molecule has 0 bridgehead atoms. The van der Waals surface area contributed by atoms with Crippen LogP contribution in [0.15, 0.2) is 42.5 Å². The molecule has 0 aromatic heterocycles. The van der Waals surface area contributed by atoms with E-state index < -0.39 is 24.0 Å². The van der Waals surface area contributed by atoms with Crippen LogP contribution in [0.3, 0.4) is 0 Å². The molecule has 0 radical (unpaired) electrons. The number of benzene rings is 2. The SMILES string of the molecule is C=C(C)C(=O)OC(C)COC(=O)CCC(=O)OCCc1ccc(CCCc2cc(C)c(C)c(C)c2C)cc1. The van der Waals surface area contributed by atoms with Crippen molar-refractivity contribution >= 4 is 17.9 Å². The number of carbonyl (C=O) groups is 3. The van der Waals surface area contributed by atoms with Crippen molar-refractivity contribution in [2.75, 3.05) is 13.2 Å². The first-order chi connectivity index (χ1) is 18.0. The zero-order chi connectivity index (χ0) is 28.2. The predicted octanol–water partition coefficient (Wildman–Crippen LogP) is 6.01. The number of carbonyl (C=O) groups excluding carboxylic acids is 3. The summed E-state index contributed by atoms with van der Waals surface area (Å²) in [6, 6.07) is 10.8. The normalized spacial score (nSPS) is 11.5. The van der Waals surface area contributed by atoms with Crippen molar-refractivity contribution in [3.63, 3.8) is 0 Å². The fourth-order valence-corrected chi connectivity index (χ4v) is 4.07. The fourth-order valence-electron chi connectivity index (χ4n) is 4.07. The molecule has 0 N–H and O–H groups in total. The molecular formula is C32H42O6. The van der Waals surface area contributed by atoms with E-state index >= 15 is 0 Å². The molecule has 38 heavy (non-hydrogen) atoms. The molecule has 0 fully saturated rings. The highest BCUT2D eigenvalue weighted by Gasteiger charge is 2.14. The second-order valence-electron chi connectivity index (χ2n) is 10.0. The lowest BCUT2D eigenvalue weighted by Gasteiger charge is -2.14. The van der Waals surface area contributed by atoms with Crippen molar-refractivity contribution in [2.24, 2.45) is 0 Å². The molecule has 2 aromatic rings. The van der Waals surface area contributed by atoms with Crippen molar-refractivity contribution < 1.29 is 28.6 Å². The second kappa shape index (κ2) is 15.1. The predicted molar refractivity (Wildman–Crippen MR) is 149 cm³/mol. The molecule has 0 saturated heterocycles. The van der Waals surface area contributed by atoms with Gasteiger partial charge < -0.3 is 14.2 Å². The van der Waals surface area contributed by atoms with Crippen molar-refractivity contribution in [1.29, 1.82) is 0 Å². The fraction of sp³-hybridized carbons (Fsp3) is 0.469. The summed E-state index contributed by atoms with van der Waals surface area (Å²) in [6.07, 6.45) is 3.07. The Balaban J connectivity index is 1.64. The summed E-state index contributed by atoms with van der Waals surface area (Å²) >= 11 is 0. The molecule has 0 aliphatic carbocycles. The van der Waals surface area contributed by atoms with Gasteiger partial charge in [0.2, 0.25) is 0 Å². The number of esters is 3. The molecule has 6 heteroatoms. The number of aryl methyl sites for hydroxylation is 3. The van der Waals surface area contributed by atoms with Gasteiger partial charge in [-0.25, -0.2) is 4.79 Å². The third kappa shape index (κ3) is 10.2. The van der Waals surface area contributed by atoms with E-state index in [-0.39, 0.29) is 31.6 Å². The average Bonchev–Trinajstić information content (AvgIpc) is 2.88. The molecular weight excluding hydrogens is 480 g/mol. The molecule has 2 aromatic carbocycles. The Labute approximate surface area is 227 Å². The molecule has 0 saturated carbocycles. The molecule has 0 heterocycles. The van der Waals surface area contributed by atoms with Gasteiger partial charge in [-0.3, -0.25) is 9.59 Å². The lowest BCUT2D eigenvalue weighted by molar-refractivity contribution is -0.156. The Kier molecular flexibility index (Phi) is 12.3. The standard InChI is InChI=1S/C32H42O6/c1-21(2)32(35)38-23(4)20-37-31(34)16-15-30(33)36-18-17-28-13-11-27(12-14-28)9-8-10-29-19-22(3)24(5)25(6)26(29)7/h11-14,19,23H,1,8-10,15-18,20H2,2-7H3. The van der Waals surface area contributed by atoms with E-state index in [9.17, 15) is 14.4 Å². The molecule has 1 atom stereocenters. The Bertz CT molecular complexity index is 1130. The van der Waals surface area contributed by atoms with Crippen molar-refractivity contribution in [2.45, 2.75) is 86.2 Å². The van der Waals surface area contributed by atoms with E-state index in [1.165, 1.54) is 33.4 Å². The van der Waals surface area contributed by atoms with Gasteiger partial charge in [0.1, 0.15) is 12.7 Å². The van der Waals surface area contributed by atoms with Crippen LogP contribution in [0.5, 0.6) is 0 Å². The first kappa shape index (κ1) is 30.8. The van der Waals surface area contributed by atoms with E-state index in [2.05, 4.69) is 64.6 Å². The molecule has 0 amide bonds. The van der Waals surface area contributed by atoms with Gasteiger partial charge in [0.15, 0.2) is 0 Å². The minimum absolute atomic E-state index is 0.0583. The van der Waals surface area contributed by atoms with Gasteiger partial charge in [0.05, 0.1) is 19.4 Å². The van der Waals surface area contributed by atoms with Crippen LogP contribution in [0.1, 0.15) is 72.1 Å². The van der Waals surface area contributed by atoms with Crippen LogP contribution >= 0.6 is 0 Å². The van der Waals surface area contributed by atoms with Crippen LogP contribution in [-0.2, 0) is 47.9 Å². The molecule has 2 rings (SSSR count). The Morgan fingerprint density at radius 2 is 1.39 bits per heavy atom. The highest BCUT2D eigenvalue weighted by molar-refractivity contribution is 5.87. The van der Waals surface area contributed by atoms with Gasteiger partial charge in [-0.05, 0) is 99.7 Å². The summed E-state index contributed by atoms with van der Waals surface area (Å²) in [6.45, 7) is 15.6. The maximum Gasteiger partial charge on any atom is 0.333 e. The van der Waals surface area contributed by atoms with Crippen LogP contribution in [0.2, 0.25) is 0 Å².